The van der Waals surface area contributed by atoms with E-state index in [0.29, 0.717) is 11.3 Å². The second-order valence-electron chi connectivity index (χ2n) is 6.17. The Hall–Kier alpha value is -3.71. The summed E-state index contributed by atoms with van der Waals surface area (Å²) in [5.41, 5.74) is 2.00. The fourth-order valence-electron chi connectivity index (χ4n) is 2.80. The van der Waals surface area contributed by atoms with Crippen molar-refractivity contribution in [3.63, 3.8) is 0 Å². The lowest BCUT2D eigenvalue weighted by Crippen LogP contribution is -2.09. The number of carbonyl (C=O) groups is 1. The lowest BCUT2D eigenvalue weighted by atomic mass is 10.0. The van der Waals surface area contributed by atoms with Gasteiger partial charge in [-0.05, 0) is 35.9 Å². The second-order valence-corrected chi connectivity index (χ2v) is 7.71. The summed E-state index contributed by atoms with van der Waals surface area (Å²) in [7, 11) is -3.96. The molecule has 0 N–H and O–H groups in total. The number of nitrogens with zero attached hydrogens (tertiary/aromatic N) is 1. The van der Waals surface area contributed by atoms with E-state index in [-0.39, 0.29) is 16.2 Å². The Morgan fingerprint density at radius 1 is 0.862 bits per heavy atom. The van der Waals surface area contributed by atoms with Crippen molar-refractivity contribution in [2.24, 2.45) is 5.16 Å². The van der Waals surface area contributed by atoms with Gasteiger partial charge in [-0.25, -0.2) is 4.79 Å². The molecule has 29 heavy (non-hydrogen) atoms. The average Bonchev–Trinajstić information content (AvgIpc) is 3.09. The summed E-state index contributed by atoms with van der Waals surface area (Å²) in [6, 6.07) is 23.5. The molecule has 3 aromatic carbocycles. The Morgan fingerprint density at radius 2 is 1.55 bits per heavy atom. The quantitative estimate of drug-likeness (QED) is 0.366. The summed E-state index contributed by atoms with van der Waals surface area (Å²) in [5.74, 6) is -0.445. The highest BCUT2D eigenvalue weighted by Crippen LogP contribution is 2.24. The molecule has 0 saturated carbocycles. The van der Waals surface area contributed by atoms with Crippen LogP contribution in [0, 0.1) is 0 Å². The monoisotopic (exact) mass is 405 g/mol. The van der Waals surface area contributed by atoms with Gasteiger partial charge in [0.2, 0.25) is 0 Å². The second kappa shape index (κ2) is 7.73. The predicted molar refractivity (Wildman–Crippen MR) is 108 cm³/mol. The van der Waals surface area contributed by atoms with E-state index in [0.717, 1.165) is 5.56 Å². The molecule has 0 aromatic heterocycles. The van der Waals surface area contributed by atoms with Crippen molar-refractivity contribution in [3.05, 3.63) is 102 Å². The van der Waals surface area contributed by atoms with E-state index in [2.05, 4.69) is 5.16 Å². The molecule has 6 nitrogen and oxygen atoms in total. The van der Waals surface area contributed by atoms with E-state index in [1.165, 1.54) is 24.3 Å². The van der Waals surface area contributed by atoms with E-state index in [4.69, 9.17) is 9.02 Å². The maximum absolute atomic E-state index is 12.4. The maximum atomic E-state index is 12.4. The van der Waals surface area contributed by atoms with Crippen LogP contribution in [-0.2, 0) is 19.8 Å². The summed E-state index contributed by atoms with van der Waals surface area (Å²) in [4.78, 5) is 17.0. The number of benzene rings is 3. The molecule has 1 aliphatic heterocycles. The number of rotatable bonds is 5. The van der Waals surface area contributed by atoms with Crippen molar-refractivity contribution < 1.29 is 22.2 Å². The molecular formula is C22H15NO5S. The molecule has 1 heterocycles. The lowest BCUT2D eigenvalue weighted by Gasteiger charge is -2.07. The molecule has 0 amide bonds. The SMILES string of the molecule is O=C1ON=C(c2ccccc2)/C1=C\c1cccc(OS(=O)(=O)c2ccccc2)c1. The van der Waals surface area contributed by atoms with Crippen LogP contribution in [0.2, 0.25) is 0 Å². The van der Waals surface area contributed by atoms with E-state index in [1.807, 2.05) is 30.3 Å². The highest BCUT2D eigenvalue weighted by Gasteiger charge is 2.26. The van der Waals surface area contributed by atoms with Crippen LogP contribution in [0.25, 0.3) is 6.08 Å². The lowest BCUT2D eigenvalue weighted by molar-refractivity contribution is -0.136. The Kier molecular flexibility index (Phi) is 4.97. The van der Waals surface area contributed by atoms with Crippen LogP contribution in [0.15, 0.2) is 101 Å². The van der Waals surface area contributed by atoms with Crippen LogP contribution in [0.3, 0.4) is 0 Å². The van der Waals surface area contributed by atoms with Gasteiger partial charge in [0.25, 0.3) is 0 Å². The molecule has 1 aliphatic rings. The highest BCUT2D eigenvalue weighted by atomic mass is 32.2. The topological polar surface area (TPSA) is 82.0 Å². The molecule has 0 radical (unpaired) electrons. The summed E-state index contributed by atoms with van der Waals surface area (Å²) in [5, 5.41) is 3.86. The third-order valence-corrected chi connectivity index (χ3v) is 5.41. The van der Waals surface area contributed by atoms with E-state index in [9.17, 15) is 13.2 Å². The molecule has 3 aromatic rings. The molecular weight excluding hydrogens is 390 g/mol. The van der Waals surface area contributed by atoms with Crippen molar-refractivity contribution in [1.82, 2.24) is 0 Å². The minimum absolute atomic E-state index is 0.0571. The normalized spacial score (nSPS) is 15.1. The molecule has 0 bridgehead atoms. The van der Waals surface area contributed by atoms with Gasteiger partial charge in [0, 0.05) is 5.56 Å². The predicted octanol–water partition coefficient (Wildman–Crippen LogP) is 3.80. The molecule has 0 saturated heterocycles. The Balaban J connectivity index is 1.64. The smallest absolute Gasteiger partial charge is 0.368 e. The van der Waals surface area contributed by atoms with Crippen molar-refractivity contribution in [1.29, 1.82) is 0 Å². The van der Waals surface area contributed by atoms with E-state index in [1.54, 1.807) is 36.4 Å². The van der Waals surface area contributed by atoms with Crippen molar-refractivity contribution in [3.8, 4) is 5.75 Å². The number of hydrogen-bond donors (Lipinski definition) is 0. The van der Waals surface area contributed by atoms with Crippen molar-refractivity contribution in [2.75, 3.05) is 0 Å². The summed E-state index contributed by atoms with van der Waals surface area (Å²) in [6.07, 6.45) is 1.59. The van der Waals surface area contributed by atoms with Crippen LogP contribution in [0.1, 0.15) is 11.1 Å². The first kappa shape index (κ1) is 18.6. The molecule has 0 fully saturated rings. The molecule has 4 rings (SSSR count). The number of carbonyl (C=O) groups excluding carboxylic acids is 1. The van der Waals surface area contributed by atoms with Crippen LogP contribution >= 0.6 is 0 Å². The molecule has 0 unspecified atom stereocenters. The standard InChI is InChI=1S/C22H15NO5S/c24-22-20(21(23-27-22)17-9-3-1-4-10-17)15-16-8-7-11-18(14-16)28-29(25,26)19-12-5-2-6-13-19/h1-15H/b20-15+. The van der Waals surface area contributed by atoms with Crippen LogP contribution in [0.5, 0.6) is 5.75 Å². The fraction of sp³-hybridized carbons (Fsp3) is 0. The number of oxime groups is 1. The van der Waals surface area contributed by atoms with Crippen molar-refractivity contribution in [2.45, 2.75) is 4.90 Å². The van der Waals surface area contributed by atoms with E-state index < -0.39 is 16.1 Å². The van der Waals surface area contributed by atoms with Crippen LogP contribution < -0.4 is 4.18 Å². The zero-order valence-electron chi connectivity index (χ0n) is 15.1. The van der Waals surface area contributed by atoms with Crippen LogP contribution in [0.4, 0.5) is 0 Å². The first-order valence-electron chi connectivity index (χ1n) is 8.69. The maximum Gasteiger partial charge on any atom is 0.368 e. The van der Waals surface area contributed by atoms with Gasteiger partial charge in [-0.1, -0.05) is 65.8 Å². The van der Waals surface area contributed by atoms with E-state index >= 15 is 0 Å². The Morgan fingerprint density at radius 3 is 2.28 bits per heavy atom. The first-order chi connectivity index (χ1) is 14.0. The van der Waals surface area contributed by atoms with Gasteiger partial charge in [-0.2, -0.15) is 8.42 Å². The zero-order valence-corrected chi connectivity index (χ0v) is 15.9. The minimum atomic E-state index is -3.96. The van der Waals surface area contributed by atoms with Crippen LogP contribution in [-0.4, -0.2) is 20.1 Å². The molecule has 0 atom stereocenters. The zero-order chi connectivity index (χ0) is 20.3. The first-order valence-corrected chi connectivity index (χ1v) is 10.1. The Labute approximate surface area is 167 Å². The number of hydrogen-bond acceptors (Lipinski definition) is 6. The van der Waals surface area contributed by atoms with Gasteiger partial charge in [-0.3, -0.25) is 0 Å². The summed E-state index contributed by atoms with van der Waals surface area (Å²) < 4.78 is 30.1. The fourth-order valence-corrected chi connectivity index (χ4v) is 3.74. The average molecular weight is 405 g/mol. The Bertz CT molecular complexity index is 1220. The van der Waals surface area contributed by atoms with Gasteiger partial charge >= 0.3 is 16.1 Å². The van der Waals surface area contributed by atoms with Gasteiger partial charge in [0.05, 0.1) is 5.57 Å². The third-order valence-electron chi connectivity index (χ3n) is 4.15. The largest absolute Gasteiger partial charge is 0.379 e. The third kappa shape index (κ3) is 4.09. The molecule has 7 heteroatoms. The van der Waals surface area contributed by atoms with Gasteiger partial charge in [0.15, 0.2) is 0 Å². The summed E-state index contributed by atoms with van der Waals surface area (Å²) in [6.45, 7) is 0. The summed E-state index contributed by atoms with van der Waals surface area (Å²) >= 11 is 0. The van der Waals surface area contributed by atoms with Crippen molar-refractivity contribution >= 4 is 27.9 Å². The van der Waals surface area contributed by atoms with Gasteiger partial charge in [-0.15, -0.1) is 0 Å². The van der Waals surface area contributed by atoms with Gasteiger partial charge < -0.3 is 9.02 Å². The molecule has 0 aliphatic carbocycles. The highest BCUT2D eigenvalue weighted by molar-refractivity contribution is 7.87. The molecule has 0 spiro atoms. The minimum Gasteiger partial charge on any atom is -0.379 e. The molecule has 144 valence electrons. The van der Waals surface area contributed by atoms with Gasteiger partial charge in [0.1, 0.15) is 16.4 Å².